The Morgan fingerprint density at radius 1 is 1.08 bits per heavy atom. The number of benzene rings is 2. The molecule has 0 unspecified atom stereocenters. The fourth-order valence-corrected chi connectivity index (χ4v) is 2.83. The van der Waals surface area contributed by atoms with Crippen LogP contribution in [0.3, 0.4) is 0 Å². The van der Waals surface area contributed by atoms with Crippen molar-refractivity contribution in [1.29, 1.82) is 0 Å². The topological polar surface area (TPSA) is 55.1 Å². The zero-order chi connectivity index (χ0) is 18.7. The molecule has 0 bridgehead atoms. The summed E-state index contributed by atoms with van der Waals surface area (Å²) < 4.78 is 5.53. The molecule has 4 nitrogen and oxygen atoms in total. The molecular formula is C20H18Cl2N2O2. The van der Waals surface area contributed by atoms with Crippen LogP contribution in [0, 0.1) is 0 Å². The molecule has 2 aromatic carbocycles. The monoisotopic (exact) mass is 388 g/mol. The van der Waals surface area contributed by atoms with Crippen molar-refractivity contribution in [1.82, 2.24) is 5.16 Å². The maximum Gasteiger partial charge on any atom is 0.257 e. The van der Waals surface area contributed by atoms with Gasteiger partial charge in [0.2, 0.25) is 0 Å². The Balaban J connectivity index is 1.90. The van der Waals surface area contributed by atoms with E-state index in [9.17, 15) is 4.79 Å². The number of anilines is 1. The van der Waals surface area contributed by atoms with Gasteiger partial charge in [0.15, 0.2) is 10.6 Å². The molecule has 0 saturated heterocycles. The number of rotatable bonds is 5. The van der Waals surface area contributed by atoms with Gasteiger partial charge in [-0.05, 0) is 23.6 Å². The Labute approximate surface area is 162 Å². The third kappa shape index (κ3) is 4.09. The van der Waals surface area contributed by atoms with Crippen LogP contribution >= 0.6 is 23.2 Å². The minimum atomic E-state index is -1.12. The molecule has 0 aliphatic heterocycles. The molecule has 26 heavy (non-hydrogen) atoms. The van der Waals surface area contributed by atoms with E-state index in [0.29, 0.717) is 17.4 Å². The molecule has 0 saturated carbocycles. The molecule has 0 aliphatic carbocycles. The maximum absolute atomic E-state index is 11.6. The molecule has 134 valence electrons. The number of carbonyl (C=O) groups is 1. The summed E-state index contributed by atoms with van der Waals surface area (Å²) in [6.07, 6.45) is 0. The Morgan fingerprint density at radius 2 is 1.85 bits per heavy atom. The number of aromatic nitrogens is 1. The normalized spacial score (nSPS) is 11.2. The van der Waals surface area contributed by atoms with Crippen molar-refractivity contribution >= 4 is 34.8 Å². The first kappa shape index (κ1) is 18.5. The van der Waals surface area contributed by atoms with Crippen LogP contribution in [0.15, 0.2) is 59.1 Å². The SMILES string of the molecule is CC(C)c1ccccc1-c1cc(-c2cccc(NC(=O)C(Cl)Cl)c2)on1. The van der Waals surface area contributed by atoms with Gasteiger partial charge in [0.05, 0.1) is 0 Å². The summed E-state index contributed by atoms with van der Waals surface area (Å²) in [6, 6.07) is 17.3. The van der Waals surface area contributed by atoms with E-state index in [0.717, 1.165) is 16.8 Å². The summed E-state index contributed by atoms with van der Waals surface area (Å²) in [5.74, 6) is 0.515. The molecule has 1 amide bonds. The molecule has 3 rings (SSSR count). The van der Waals surface area contributed by atoms with Crippen LogP contribution in [0.2, 0.25) is 0 Å². The Kier molecular flexibility index (Phi) is 5.64. The predicted octanol–water partition coefficient (Wildman–Crippen LogP) is 5.87. The van der Waals surface area contributed by atoms with Gasteiger partial charge in [-0.3, -0.25) is 4.79 Å². The Hall–Kier alpha value is -2.30. The summed E-state index contributed by atoms with van der Waals surface area (Å²) in [4.78, 5) is 10.5. The van der Waals surface area contributed by atoms with Gasteiger partial charge in [0.25, 0.3) is 5.91 Å². The highest BCUT2D eigenvalue weighted by Gasteiger charge is 2.15. The number of hydrogen-bond acceptors (Lipinski definition) is 3. The van der Waals surface area contributed by atoms with Gasteiger partial charge in [-0.15, -0.1) is 0 Å². The number of alkyl halides is 2. The number of carbonyl (C=O) groups excluding carboxylic acids is 1. The lowest BCUT2D eigenvalue weighted by atomic mass is 9.95. The van der Waals surface area contributed by atoms with E-state index in [1.165, 1.54) is 5.56 Å². The molecule has 1 heterocycles. The second-order valence-corrected chi connectivity index (χ2v) is 7.29. The summed E-state index contributed by atoms with van der Waals surface area (Å²) in [7, 11) is 0. The van der Waals surface area contributed by atoms with E-state index in [1.807, 2.05) is 36.4 Å². The highest BCUT2D eigenvalue weighted by atomic mass is 35.5. The average molecular weight is 389 g/mol. The molecule has 1 N–H and O–H groups in total. The number of nitrogens with one attached hydrogen (secondary N) is 1. The van der Waals surface area contributed by atoms with Crippen LogP contribution < -0.4 is 5.32 Å². The van der Waals surface area contributed by atoms with E-state index in [-0.39, 0.29) is 0 Å². The summed E-state index contributed by atoms with van der Waals surface area (Å²) in [5.41, 5.74) is 4.42. The van der Waals surface area contributed by atoms with Crippen molar-refractivity contribution in [3.8, 4) is 22.6 Å². The van der Waals surface area contributed by atoms with Crippen LogP contribution in [0.25, 0.3) is 22.6 Å². The first-order valence-electron chi connectivity index (χ1n) is 8.21. The molecule has 0 radical (unpaired) electrons. The number of halogens is 2. The lowest BCUT2D eigenvalue weighted by Gasteiger charge is -2.09. The van der Waals surface area contributed by atoms with Gasteiger partial charge in [0, 0.05) is 22.9 Å². The minimum Gasteiger partial charge on any atom is -0.356 e. The summed E-state index contributed by atoms with van der Waals surface area (Å²) in [6.45, 7) is 4.29. The first-order valence-corrected chi connectivity index (χ1v) is 9.08. The van der Waals surface area contributed by atoms with E-state index < -0.39 is 10.7 Å². The Morgan fingerprint density at radius 3 is 2.58 bits per heavy atom. The van der Waals surface area contributed by atoms with Crippen LogP contribution in [-0.4, -0.2) is 15.9 Å². The average Bonchev–Trinajstić information content (AvgIpc) is 3.12. The van der Waals surface area contributed by atoms with Crippen LogP contribution in [-0.2, 0) is 4.79 Å². The largest absolute Gasteiger partial charge is 0.356 e. The van der Waals surface area contributed by atoms with E-state index in [1.54, 1.807) is 12.1 Å². The van der Waals surface area contributed by atoms with Crippen LogP contribution in [0.4, 0.5) is 5.69 Å². The van der Waals surface area contributed by atoms with Gasteiger partial charge in [0.1, 0.15) is 5.69 Å². The van der Waals surface area contributed by atoms with Crippen molar-refractivity contribution in [2.24, 2.45) is 0 Å². The second kappa shape index (κ2) is 7.94. The summed E-state index contributed by atoms with van der Waals surface area (Å²) >= 11 is 11.1. The van der Waals surface area contributed by atoms with Crippen molar-refractivity contribution in [3.05, 3.63) is 60.2 Å². The molecule has 0 aliphatic rings. The molecular weight excluding hydrogens is 371 g/mol. The van der Waals surface area contributed by atoms with Crippen molar-refractivity contribution in [2.45, 2.75) is 24.6 Å². The van der Waals surface area contributed by atoms with Gasteiger partial charge < -0.3 is 9.84 Å². The highest BCUT2D eigenvalue weighted by Crippen LogP contribution is 2.32. The number of amides is 1. The van der Waals surface area contributed by atoms with Crippen LogP contribution in [0.5, 0.6) is 0 Å². The third-order valence-corrected chi connectivity index (χ3v) is 4.38. The second-order valence-electron chi connectivity index (χ2n) is 6.19. The quantitative estimate of drug-likeness (QED) is 0.555. The van der Waals surface area contributed by atoms with Crippen molar-refractivity contribution in [3.63, 3.8) is 0 Å². The Bertz CT molecular complexity index is 919. The van der Waals surface area contributed by atoms with Gasteiger partial charge in [-0.1, -0.05) is 78.6 Å². The first-order chi connectivity index (χ1) is 12.5. The fraction of sp³-hybridized carbons (Fsp3) is 0.200. The number of nitrogens with zero attached hydrogens (tertiary/aromatic N) is 1. The standard InChI is InChI=1S/C20H18Cl2N2O2/c1-12(2)15-8-3-4-9-16(15)17-11-18(26-24-17)13-6-5-7-14(10-13)23-20(25)19(21)22/h3-12,19H,1-2H3,(H,23,25). The summed E-state index contributed by atoms with van der Waals surface area (Å²) in [5, 5.41) is 6.87. The molecule has 0 fully saturated rings. The highest BCUT2D eigenvalue weighted by molar-refractivity contribution is 6.54. The van der Waals surface area contributed by atoms with Gasteiger partial charge in [-0.25, -0.2) is 0 Å². The lowest BCUT2D eigenvalue weighted by Crippen LogP contribution is -2.18. The van der Waals surface area contributed by atoms with Gasteiger partial charge >= 0.3 is 0 Å². The van der Waals surface area contributed by atoms with Crippen molar-refractivity contribution < 1.29 is 9.32 Å². The maximum atomic E-state index is 11.6. The van der Waals surface area contributed by atoms with Gasteiger partial charge in [-0.2, -0.15) is 0 Å². The zero-order valence-electron chi connectivity index (χ0n) is 14.4. The minimum absolute atomic E-state index is 0.379. The van der Waals surface area contributed by atoms with E-state index >= 15 is 0 Å². The predicted molar refractivity (Wildman–Crippen MR) is 106 cm³/mol. The van der Waals surface area contributed by atoms with Crippen molar-refractivity contribution in [2.75, 3.05) is 5.32 Å². The fourth-order valence-electron chi connectivity index (χ4n) is 2.72. The lowest BCUT2D eigenvalue weighted by molar-refractivity contribution is -0.114. The molecule has 6 heteroatoms. The van der Waals surface area contributed by atoms with E-state index in [2.05, 4.69) is 30.4 Å². The molecule has 0 atom stereocenters. The zero-order valence-corrected chi connectivity index (χ0v) is 15.9. The molecule has 0 spiro atoms. The molecule has 3 aromatic rings. The smallest absolute Gasteiger partial charge is 0.257 e. The number of hydrogen-bond donors (Lipinski definition) is 1. The third-order valence-electron chi connectivity index (χ3n) is 3.98. The molecule has 1 aromatic heterocycles. The van der Waals surface area contributed by atoms with E-state index in [4.69, 9.17) is 27.7 Å². The van der Waals surface area contributed by atoms with Crippen LogP contribution in [0.1, 0.15) is 25.3 Å².